The van der Waals surface area contributed by atoms with Gasteiger partial charge >= 0.3 is 5.97 Å². The summed E-state index contributed by atoms with van der Waals surface area (Å²) in [7, 11) is 0. The molecule has 0 bridgehead atoms. The van der Waals surface area contributed by atoms with Gasteiger partial charge in [-0.15, -0.1) is 0 Å². The van der Waals surface area contributed by atoms with Crippen molar-refractivity contribution < 1.29 is 14.7 Å². The van der Waals surface area contributed by atoms with Gasteiger partial charge in [0.15, 0.2) is 0 Å². The molecule has 6 nitrogen and oxygen atoms in total. The average molecular weight is 291 g/mol. The molecule has 1 aliphatic heterocycles. The minimum atomic E-state index is -1.01. The number of aliphatic carboxylic acids is 1. The van der Waals surface area contributed by atoms with E-state index < -0.39 is 12.0 Å². The van der Waals surface area contributed by atoms with E-state index in [9.17, 15) is 14.7 Å². The molecule has 114 valence electrons. The lowest BCUT2D eigenvalue weighted by molar-refractivity contribution is -0.142. The maximum atomic E-state index is 12.0. The number of hydrogen-bond acceptors (Lipinski definition) is 4. The molecule has 3 N–H and O–H groups in total. The van der Waals surface area contributed by atoms with Gasteiger partial charge in [-0.2, -0.15) is 0 Å². The van der Waals surface area contributed by atoms with Crippen LogP contribution in [-0.2, 0) is 16.0 Å². The van der Waals surface area contributed by atoms with Crippen molar-refractivity contribution in [2.45, 2.75) is 12.5 Å². The third kappa shape index (κ3) is 5.17. The fraction of sp³-hybridized carbons (Fsp3) is 0.467. The molecule has 6 heteroatoms. The quantitative estimate of drug-likeness (QED) is 0.671. The van der Waals surface area contributed by atoms with E-state index in [-0.39, 0.29) is 12.5 Å². The Labute approximate surface area is 124 Å². The summed E-state index contributed by atoms with van der Waals surface area (Å²) in [5.74, 6) is -1.24. The van der Waals surface area contributed by atoms with E-state index >= 15 is 0 Å². The number of carbonyl (C=O) groups excluding carboxylic acids is 1. The summed E-state index contributed by atoms with van der Waals surface area (Å²) in [5, 5.41) is 15.1. The molecule has 1 fully saturated rings. The van der Waals surface area contributed by atoms with Crippen molar-refractivity contribution >= 4 is 11.9 Å². The maximum absolute atomic E-state index is 12.0. The van der Waals surface area contributed by atoms with Gasteiger partial charge in [-0.05, 0) is 5.56 Å². The third-order valence-corrected chi connectivity index (χ3v) is 3.49. The Balaban J connectivity index is 1.86. The summed E-state index contributed by atoms with van der Waals surface area (Å²) in [6.45, 7) is 3.59. The fourth-order valence-corrected chi connectivity index (χ4v) is 2.36. The zero-order chi connectivity index (χ0) is 15.1. The first-order valence-electron chi connectivity index (χ1n) is 7.14. The van der Waals surface area contributed by atoms with Gasteiger partial charge in [0.25, 0.3) is 0 Å². The molecule has 1 saturated heterocycles. The highest BCUT2D eigenvalue weighted by molar-refractivity contribution is 5.84. The Morgan fingerprint density at radius 3 is 2.52 bits per heavy atom. The number of amides is 1. The summed E-state index contributed by atoms with van der Waals surface area (Å²) in [6.07, 6.45) is 0.295. The van der Waals surface area contributed by atoms with Gasteiger partial charge in [0, 0.05) is 32.6 Å². The van der Waals surface area contributed by atoms with Gasteiger partial charge in [-0.3, -0.25) is 9.69 Å². The van der Waals surface area contributed by atoms with Gasteiger partial charge in [0.1, 0.15) is 6.04 Å². The second-order valence-corrected chi connectivity index (χ2v) is 5.17. The molecule has 0 aliphatic carbocycles. The molecule has 0 spiro atoms. The summed E-state index contributed by atoms with van der Waals surface area (Å²) < 4.78 is 0. The Morgan fingerprint density at radius 1 is 1.24 bits per heavy atom. The first kappa shape index (κ1) is 15.5. The first-order chi connectivity index (χ1) is 10.1. The molecule has 0 saturated carbocycles. The highest BCUT2D eigenvalue weighted by Gasteiger charge is 2.22. The van der Waals surface area contributed by atoms with Crippen LogP contribution in [0.1, 0.15) is 5.56 Å². The maximum Gasteiger partial charge on any atom is 0.326 e. The van der Waals surface area contributed by atoms with Gasteiger partial charge in [0.2, 0.25) is 5.91 Å². The van der Waals surface area contributed by atoms with Crippen LogP contribution in [0.4, 0.5) is 0 Å². The Hall–Kier alpha value is -1.92. The monoisotopic (exact) mass is 291 g/mol. The van der Waals surface area contributed by atoms with E-state index in [2.05, 4.69) is 10.6 Å². The van der Waals surface area contributed by atoms with E-state index in [0.717, 1.165) is 31.7 Å². The second kappa shape index (κ2) is 7.75. The summed E-state index contributed by atoms with van der Waals surface area (Å²) in [6, 6.07) is 8.43. The summed E-state index contributed by atoms with van der Waals surface area (Å²) >= 11 is 0. The Bertz CT molecular complexity index is 472. The van der Waals surface area contributed by atoms with Crippen LogP contribution in [0.2, 0.25) is 0 Å². The number of carbonyl (C=O) groups is 2. The molecule has 1 heterocycles. The lowest BCUT2D eigenvalue weighted by Crippen LogP contribution is -2.50. The van der Waals surface area contributed by atoms with Crippen molar-refractivity contribution in [1.29, 1.82) is 0 Å². The minimum Gasteiger partial charge on any atom is -0.480 e. The van der Waals surface area contributed by atoms with E-state index in [4.69, 9.17) is 0 Å². The van der Waals surface area contributed by atoms with E-state index in [0.29, 0.717) is 6.42 Å². The number of piperazine rings is 1. The van der Waals surface area contributed by atoms with Crippen molar-refractivity contribution in [2.75, 3.05) is 32.7 Å². The number of benzene rings is 1. The summed E-state index contributed by atoms with van der Waals surface area (Å²) in [4.78, 5) is 25.3. The molecule has 2 rings (SSSR count). The smallest absolute Gasteiger partial charge is 0.326 e. The van der Waals surface area contributed by atoms with Crippen LogP contribution in [0.25, 0.3) is 0 Å². The molecule has 1 atom stereocenters. The minimum absolute atomic E-state index is 0.236. The predicted molar refractivity (Wildman–Crippen MR) is 79.0 cm³/mol. The molecule has 0 unspecified atom stereocenters. The highest BCUT2D eigenvalue weighted by Crippen LogP contribution is 2.04. The molecule has 1 amide bonds. The molecule has 0 radical (unpaired) electrons. The van der Waals surface area contributed by atoms with Gasteiger partial charge in [-0.25, -0.2) is 4.79 Å². The lowest BCUT2D eigenvalue weighted by atomic mass is 10.1. The van der Waals surface area contributed by atoms with Crippen molar-refractivity contribution in [3.8, 4) is 0 Å². The van der Waals surface area contributed by atoms with Crippen LogP contribution in [0, 0.1) is 0 Å². The molecule has 21 heavy (non-hydrogen) atoms. The SMILES string of the molecule is O=C(CN1CCNCC1)N[C@@H](Cc1ccccc1)C(=O)O. The lowest BCUT2D eigenvalue weighted by Gasteiger charge is -2.27. The Kier molecular flexibility index (Phi) is 5.71. The zero-order valence-electron chi connectivity index (χ0n) is 11.9. The third-order valence-electron chi connectivity index (χ3n) is 3.49. The molecular weight excluding hydrogens is 270 g/mol. The topological polar surface area (TPSA) is 81.7 Å². The zero-order valence-corrected chi connectivity index (χ0v) is 11.9. The molecular formula is C15H21N3O3. The summed E-state index contributed by atoms with van der Waals surface area (Å²) in [5.41, 5.74) is 0.896. The molecule has 1 aromatic rings. The van der Waals surface area contributed by atoms with E-state index in [1.165, 1.54) is 0 Å². The van der Waals surface area contributed by atoms with Crippen LogP contribution in [0.15, 0.2) is 30.3 Å². The molecule has 1 aromatic carbocycles. The molecule has 1 aliphatic rings. The largest absolute Gasteiger partial charge is 0.480 e. The number of carboxylic acids is 1. The standard InChI is InChI=1S/C15H21N3O3/c19-14(11-18-8-6-16-7-9-18)17-13(15(20)21)10-12-4-2-1-3-5-12/h1-5,13,16H,6-11H2,(H,17,19)(H,20,21)/t13-/m0/s1. The second-order valence-electron chi connectivity index (χ2n) is 5.17. The van der Waals surface area contributed by atoms with Crippen molar-refractivity contribution in [3.63, 3.8) is 0 Å². The fourth-order valence-electron chi connectivity index (χ4n) is 2.36. The van der Waals surface area contributed by atoms with Crippen LogP contribution >= 0.6 is 0 Å². The normalized spacial score (nSPS) is 17.1. The van der Waals surface area contributed by atoms with Crippen molar-refractivity contribution in [3.05, 3.63) is 35.9 Å². The van der Waals surface area contributed by atoms with E-state index in [1.54, 1.807) is 0 Å². The van der Waals surface area contributed by atoms with Crippen LogP contribution in [0.5, 0.6) is 0 Å². The number of rotatable bonds is 6. The number of nitrogens with zero attached hydrogens (tertiary/aromatic N) is 1. The number of nitrogens with one attached hydrogen (secondary N) is 2. The van der Waals surface area contributed by atoms with E-state index in [1.807, 2.05) is 35.2 Å². The highest BCUT2D eigenvalue weighted by atomic mass is 16.4. The van der Waals surface area contributed by atoms with Crippen molar-refractivity contribution in [1.82, 2.24) is 15.5 Å². The van der Waals surface area contributed by atoms with Crippen molar-refractivity contribution in [2.24, 2.45) is 0 Å². The Morgan fingerprint density at radius 2 is 1.90 bits per heavy atom. The predicted octanol–water partition coefficient (Wildman–Crippen LogP) is -0.296. The van der Waals surface area contributed by atoms with Crippen LogP contribution < -0.4 is 10.6 Å². The van der Waals surface area contributed by atoms with Gasteiger partial charge in [-0.1, -0.05) is 30.3 Å². The van der Waals surface area contributed by atoms with Gasteiger partial charge < -0.3 is 15.7 Å². The van der Waals surface area contributed by atoms with Crippen LogP contribution in [-0.4, -0.2) is 60.6 Å². The van der Waals surface area contributed by atoms with Crippen LogP contribution in [0.3, 0.4) is 0 Å². The number of carboxylic acid groups (broad SMARTS) is 1. The molecule has 0 aromatic heterocycles. The first-order valence-corrected chi connectivity index (χ1v) is 7.14. The average Bonchev–Trinajstić information content (AvgIpc) is 2.48. The number of hydrogen-bond donors (Lipinski definition) is 3. The van der Waals surface area contributed by atoms with Gasteiger partial charge in [0.05, 0.1) is 6.54 Å².